The molecule has 146 valence electrons. The first-order valence-electron chi connectivity index (χ1n) is 9.94. The lowest BCUT2D eigenvalue weighted by Gasteiger charge is -2.05. The SMILES string of the molecule is Cc1ccc2c(c1)ncc(-c1ccc(-c3cnc4cc(C)ccc4[n+]3N)cc1)[n+]2C. The third-order valence-electron chi connectivity index (χ3n) is 5.63. The first-order chi connectivity index (χ1) is 14.5. The summed E-state index contributed by atoms with van der Waals surface area (Å²) in [7, 11) is 2.08. The predicted octanol–water partition coefficient (Wildman–Crippen LogP) is 3.56. The topological polar surface area (TPSA) is 59.6 Å². The summed E-state index contributed by atoms with van der Waals surface area (Å²) >= 11 is 0. The molecule has 0 atom stereocenters. The number of benzene rings is 3. The van der Waals surface area contributed by atoms with Crippen LogP contribution in [0.5, 0.6) is 0 Å². The van der Waals surface area contributed by atoms with E-state index in [1.54, 1.807) is 4.68 Å². The van der Waals surface area contributed by atoms with Gasteiger partial charge in [0, 0.05) is 17.7 Å². The third kappa shape index (κ3) is 2.95. The number of aryl methyl sites for hydroxylation is 3. The summed E-state index contributed by atoms with van der Waals surface area (Å²) < 4.78 is 3.89. The van der Waals surface area contributed by atoms with Crippen LogP contribution in [0.2, 0.25) is 0 Å². The van der Waals surface area contributed by atoms with Crippen LogP contribution in [-0.2, 0) is 7.05 Å². The zero-order chi connectivity index (χ0) is 20.8. The highest BCUT2D eigenvalue weighted by Gasteiger charge is 2.19. The molecule has 0 aliphatic rings. The lowest BCUT2D eigenvalue weighted by molar-refractivity contribution is -0.633. The lowest BCUT2D eigenvalue weighted by atomic mass is 10.1. The Morgan fingerprint density at radius 3 is 1.80 bits per heavy atom. The van der Waals surface area contributed by atoms with Gasteiger partial charge in [0.25, 0.3) is 11.2 Å². The second-order valence-electron chi connectivity index (χ2n) is 7.78. The maximum atomic E-state index is 6.41. The van der Waals surface area contributed by atoms with Crippen LogP contribution in [0.15, 0.2) is 73.1 Å². The van der Waals surface area contributed by atoms with Gasteiger partial charge in [-0.05, 0) is 61.4 Å². The number of fused-ring (bicyclic) bond motifs is 2. The Morgan fingerprint density at radius 1 is 0.667 bits per heavy atom. The number of rotatable bonds is 2. The van der Waals surface area contributed by atoms with E-state index in [2.05, 4.69) is 84.0 Å². The molecule has 5 rings (SSSR count). The molecule has 0 bridgehead atoms. The second kappa shape index (κ2) is 6.88. The monoisotopic (exact) mass is 393 g/mol. The average molecular weight is 393 g/mol. The van der Waals surface area contributed by atoms with E-state index in [1.807, 2.05) is 24.5 Å². The highest BCUT2D eigenvalue weighted by molar-refractivity contribution is 5.75. The molecule has 5 nitrogen and oxygen atoms in total. The molecule has 0 spiro atoms. The van der Waals surface area contributed by atoms with E-state index in [0.29, 0.717) is 0 Å². The second-order valence-corrected chi connectivity index (χ2v) is 7.78. The van der Waals surface area contributed by atoms with E-state index in [4.69, 9.17) is 5.84 Å². The van der Waals surface area contributed by atoms with Crippen molar-refractivity contribution in [2.45, 2.75) is 13.8 Å². The molecule has 0 fully saturated rings. The highest BCUT2D eigenvalue weighted by atomic mass is 15.3. The van der Waals surface area contributed by atoms with E-state index < -0.39 is 0 Å². The Labute approximate surface area is 175 Å². The van der Waals surface area contributed by atoms with Crippen LogP contribution >= 0.6 is 0 Å². The molecular weight excluding hydrogens is 370 g/mol. The number of hydrogen-bond acceptors (Lipinski definition) is 3. The summed E-state index contributed by atoms with van der Waals surface area (Å²) in [5.41, 5.74) is 10.3. The van der Waals surface area contributed by atoms with Crippen molar-refractivity contribution in [3.63, 3.8) is 0 Å². The van der Waals surface area contributed by atoms with Crippen LogP contribution < -0.4 is 15.1 Å². The van der Waals surface area contributed by atoms with E-state index in [0.717, 1.165) is 44.6 Å². The standard InChI is InChI=1S/C25H22N5/c1-16-4-10-22-20(12-16)27-14-24(29(22)3)18-6-8-19(9-7-18)25-15-28-21-13-17(2)5-11-23(21)30(25)26/h4-15,26H,1-3H3/q+1/p+1. The summed E-state index contributed by atoms with van der Waals surface area (Å²) in [5, 5.41) is 0. The van der Waals surface area contributed by atoms with Crippen molar-refractivity contribution in [3.05, 3.63) is 84.2 Å². The summed E-state index contributed by atoms with van der Waals surface area (Å²) in [6, 6.07) is 20.8. The van der Waals surface area contributed by atoms with Crippen LogP contribution in [0.3, 0.4) is 0 Å². The van der Waals surface area contributed by atoms with Crippen molar-refractivity contribution in [1.29, 1.82) is 0 Å². The number of hydrogen-bond donors (Lipinski definition) is 1. The summed E-state index contributed by atoms with van der Waals surface area (Å²) in [5.74, 6) is 6.41. The minimum absolute atomic E-state index is 0.870. The molecule has 3 aromatic carbocycles. The van der Waals surface area contributed by atoms with Gasteiger partial charge >= 0.3 is 0 Å². The number of nitrogens with two attached hydrogens (primary N) is 1. The molecule has 0 amide bonds. The molecule has 30 heavy (non-hydrogen) atoms. The Balaban J connectivity index is 1.57. The summed E-state index contributed by atoms with van der Waals surface area (Å²) in [6.07, 6.45) is 3.76. The Hall–Kier alpha value is -3.86. The van der Waals surface area contributed by atoms with Gasteiger partial charge in [-0.2, -0.15) is 4.57 Å². The highest BCUT2D eigenvalue weighted by Crippen LogP contribution is 2.23. The fourth-order valence-corrected chi connectivity index (χ4v) is 3.92. The molecule has 0 radical (unpaired) electrons. The van der Waals surface area contributed by atoms with Crippen LogP contribution in [0, 0.1) is 13.8 Å². The van der Waals surface area contributed by atoms with Crippen LogP contribution in [-0.4, -0.2) is 9.97 Å². The van der Waals surface area contributed by atoms with Gasteiger partial charge in [0.2, 0.25) is 11.2 Å². The predicted molar refractivity (Wildman–Crippen MR) is 119 cm³/mol. The van der Waals surface area contributed by atoms with E-state index in [-0.39, 0.29) is 0 Å². The molecule has 0 aliphatic heterocycles. The van der Waals surface area contributed by atoms with E-state index in [1.165, 1.54) is 11.1 Å². The average Bonchev–Trinajstić information content (AvgIpc) is 2.74. The molecule has 5 aromatic rings. The molecule has 2 aromatic heterocycles. The zero-order valence-electron chi connectivity index (χ0n) is 17.3. The Kier molecular flexibility index (Phi) is 4.17. The molecule has 0 saturated heterocycles. The van der Waals surface area contributed by atoms with Crippen molar-refractivity contribution in [3.8, 4) is 22.5 Å². The van der Waals surface area contributed by atoms with Gasteiger partial charge in [0.15, 0.2) is 0 Å². The molecular formula is C25H23N5+2. The van der Waals surface area contributed by atoms with Gasteiger partial charge in [0.05, 0.1) is 5.56 Å². The van der Waals surface area contributed by atoms with Crippen molar-refractivity contribution in [2.24, 2.45) is 7.05 Å². The van der Waals surface area contributed by atoms with E-state index in [9.17, 15) is 0 Å². The third-order valence-corrected chi connectivity index (χ3v) is 5.63. The van der Waals surface area contributed by atoms with Crippen molar-refractivity contribution in [1.82, 2.24) is 9.97 Å². The first kappa shape index (κ1) is 18.2. The Morgan fingerprint density at radius 2 is 1.17 bits per heavy atom. The molecule has 5 heteroatoms. The van der Waals surface area contributed by atoms with Gasteiger partial charge < -0.3 is 0 Å². The van der Waals surface area contributed by atoms with Crippen LogP contribution in [0.25, 0.3) is 44.6 Å². The maximum absolute atomic E-state index is 6.41. The minimum atomic E-state index is 0.870. The zero-order valence-corrected chi connectivity index (χ0v) is 17.3. The maximum Gasteiger partial charge on any atom is 0.261 e. The van der Waals surface area contributed by atoms with Crippen molar-refractivity contribution in [2.75, 3.05) is 5.84 Å². The van der Waals surface area contributed by atoms with Gasteiger partial charge in [-0.25, -0.2) is 15.8 Å². The fourth-order valence-electron chi connectivity index (χ4n) is 3.92. The van der Waals surface area contributed by atoms with Crippen molar-refractivity contribution >= 4 is 22.1 Å². The number of nitrogens with zero attached hydrogens (tertiary/aromatic N) is 4. The molecule has 0 unspecified atom stereocenters. The van der Waals surface area contributed by atoms with Gasteiger partial charge in [-0.15, -0.1) is 0 Å². The molecule has 2 N–H and O–H groups in total. The normalized spacial score (nSPS) is 11.3. The number of nitrogen functional groups attached to an aromatic ring is 1. The minimum Gasteiger partial charge on any atom is -0.243 e. The quantitative estimate of drug-likeness (QED) is 0.369. The smallest absolute Gasteiger partial charge is 0.243 e. The van der Waals surface area contributed by atoms with Gasteiger partial charge in [-0.1, -0.05) is 16.8 Å². The molecule has 0 aliphatic carbocycles. The fraction of sp³-hybridized carbons (Fsp3) is 0.120. The molecule has 2 heterocycles. The number of aromatic nitrogens is 4. The van der Waals surface area contributed by atoms with Crippen molar-refractivity contribution < 1.29 is 9.24 Å². The summed E-state index contributed by atoms with van der Waals surface area (Å²) in [4.78, 5) is 9.26. The van der Waals surface area contributed by atoms with E-state index >= 15 is 0 Å². The van der Waals surface area contributed by atoms with Gasteiger partial charge in [0.1, 0.15) is 30.5 Å². The van der Waals surface area contributed by atoms with Crippen LogP contribution in [0.4, 0.5) is 0 Å². The largest absolute Gasteiger partial charge is 0.261 e. The van der Waals surface area contributed by atoms with Crippen LogP contribution in [0.1, 0.15) is 11.1 Å². The first-order valence-corrected chi connectivity index (χ1v) is 9.94. The molecule has 0 saturated carbocycles. The Bertz CT molecular complexity index is 1310. The van der Waals surface area contributed by atoms with Gasteiger partial charge in [-0.3, -0.25) is 0 Å². The summed E-state index contributed by atoms with van der Waals surface area (Å²) in [6.45, 7) is 4.14. The lowest BCUT2D eigenvalue weighted by Crippen LogP contribution is -2.47.